The molecule has 0 saturated heterocycles. The highest BCUT2D eigenvalue weighted by Gasteiger charge is 2.33. The number of nitrogens with one attached hydrogen (secondary N) is 2. The number of hydrogen-bond donors (Lipinski definition) is 2. The Balaban J connectivity index is 1.57. The molecule has 2 N–H and O–H groups in total. The summed E-state index contributed by atoms with van der Waals surface area (Å²) < 4.78 is 1.50. The van der Waals surface area contributed by atoms with Crippen molar-refractivity contribution in [2.75, 3.05) is 0 Å². The van der Waals surface area contributed by atoms with Crippen LogP contribution in [0.2, 0.25) is 5.02 Å². The minimum atomic E-state index is -0.329. The van der Waals surface area contributed by atoms with Crippen LogP contribution in [-0.2, 0) is 0 Å². The summed E-state index contributed by atoms with van der Waals surface area (Å²) in [4.78, 5) is 37.3. The average molecular weight is 435 g/mol. The van der Waals surface area contributed by atoms with Crippen LogP contribution in [0.15, 0.2) is 53.8 Å². The van der Waals surface area contributed by atoms with Crippen molar-refractivity contribution in [3.8, 4) is 11.4 Å². The number of halogens is 1. The summed E-state index contributed by atoms with van der Waals surface area (Å²) in [5.74, 6) is 0.295. The molecule has 3 aromatic heterocycles. The van der Waals surface area contributed by atoms with Crippen molar-refractivity contribution < 1.29 is 4.79 Å². The maximum Gasteiger partial charge on any atom is 0.275 e. The zero-order chi connectivity index (χ0) is 21.5. The number of amides is 1. The van der Waals surface area contributed by atoms with Gasteiger partial charge in [-0.25, -0.2) is 4.52 Å². The van der Waals surface area contributed by atoms with Gasteiger partial charge in [0, 0.05) is 34.7 Å². The maximum atomic E-state index is 13.1. The number of fused-ring (bicyclic) bond motifs is 1. The molecule has 9 heteroatoms. The number of H-pyrrole nitrogens is 1. The van der Waals surface area contributed by atoms with Crippen LogP contribution in [-0.4, -0.2) is 30.5 Å². The zero-order valence-electron chi connectivity index (χ0n) is 16.7. The number of rotatable bonds is 5. The molecule has 1 fully saturated rings. The molecule has 1 aliphatic carbocycles. The molecule has 0 aliphatic heterocycles. The Hall–Kier alpha value is -3.52. The minimum absolute atomic E-state index is 0.178. The first-order valence-corrected chi connectivity index (χ1v) is 10.4. The second-order valence-corrected chi connectivity index (χ2v) is 8.10. The van der Waals surface area contributed by atoms with Gasteiger partial charge in [0.2, 0.25) is 0 Å². The molecule has 5 rings (SSSR count). The molecule has 31 heavy (non-hydrogen) atoms. The Kier molecular flexibility index (Phi) is 4.78. The third kappa shape index (κ3) is 3.70. The summed E-state index contributed by atoms with van der Waals surface area (Å²) in [5, 5.41) is 8.06. The smallest absolute Gasteiger partial charge is 0.275 e. The molecule has 0 bridgehead atoms. The fourth-order valence-corrected chi connectivity index (χ4v) is 3.92. The van der Waals surface area contributed by atoms with Gasteiger partial charge in [-0.05, 0) is 37.8 Å². The SMILES string of the molecule is C[C@H](NC(=O)c1cn2nc(-c3cccc(Cl)c3)[nH]c(=O)c2c1C1CC1)c1cnccn1. The third-order valence-corrected chi connectivity index (χ3v) is 5.62. The van der Waals surface area contributed by atoms with Gasteiger partial charge in [0.25, 0.3) is 11.5 Å². The van der Waals surface area contributed by atoms with Gasteiger partial charge >= 0.3 is 0 Å². The average Bonchev–Trinajstić information content (AvgIpc) is 3.53. The molecule has 1 aliphatic rings. The van der Waals surface area contributed by atoms with E-state index in [1.54, 1.807) is 43.0 Å². The molecule has 1 aromatic carbocycles. The number of hydrogen-bond acceptors (Lipinski definition) is 5. The number of carbonyl (C=O) groups excluding carboxylic acids is 1. The third-order valence-electron chi connectivity index (χ3n) is 5.38. The highest BCUT2D eigenvalue weighted by atomic mass is 35.5. The maximum absolute atomic E-state index is 13.1. The first kappa shape index (κ1) is 19.4. The van der Waals surface area contributed by atoms with Crippen molar-refractivity contribution in [2.24, 2.45) is 0 Å². The summed E-state index contributed by atoms with van der Waals surface area (Å²) in [7, 11) is 0. The van der Waals surface area contributed by atoms with Crippen LogP contribution in [0, 0.1) is 0 Å². The lowest BCUT2D eigenvalue weighted by Gasteiger charge is -2.13. The Labute approximate surface area is 182 Å². The van der Waals surface area contributed by atoms with Gasteiger partial charge in [-0.3, -0.25) is 19.6 Å². The topological polar surface area (TPSA) is 105 Å². The summed E-state index contributed by atoms with van der Waals surface area (Å²) in [6.45, 7) is 1.84. The van der Waals surface area contributed by atoms with Crippen LogP contribution >= 0.6 is 11.6 Å². The second-order valence-electron chi connectivity index (χ2n) is 7.66. The van der Waals surface area contributed by atoms with E-state index in [0.717, 1.165) is 18.4 Å². The van der Waals surface area contributed by atoms with Gasteiger partial charge in [-0.1, -0.05) is 23.7 Å². The van der Waals surface area contributed by atoms with Crippen LogP contribution in [0.1, 0.15) is 53.3 Å². The second kappa shape index (κ2) is 7.63. The lowest BCUT2D eigenvalue weighted by molar-refractivity contribution is 0.0938. The molecule has 3 heterocycles. The van der Waals surface area contributed by atoms with Crippen molar-refractivity contribution in [1.82, 2.24) is 29.9 Å². The molecular formula is C22H19ClN6O2. The van der Waals surface area contributed by atoms with Crippen LogP contribution in [0.4, 0.5) is 0 Å². The van der Waals surface area contributed by atoms with E-state index in [4.69, 9.17) is 11.6 Å². The molecular weight excluding hydrogens is 416 g/mol. The van der Waals surface area contributed by atoms with Gasteiger partial charge in [0.05, 0.1) is 23.5 Å². The summed E-state index contributed by atoms with van der Waals surface area (Å²) in [6, 6.07) is 6.76. The van der Waals surface area contributed by atoms with Crippen LogP contribution in [0.5, 0.6) is 0 Å². The summed E-state index contributed by atoms with van der Waals surface area (Å²) >= 11 is 6.08. The minimum Gasteiger partial charge on any atom is -0.344 e. The number of nitrogens with zero attached hydrogens (tertiary/aromatic N) is 4. The monoisotopic (exact) mass is 434 g/mol. The molecule has 0 radical (unpaired) electrons. The van der Waals surface area contributed by atoms with E-state index in [1.165, 1.54) is 4.52 Å². The highest BCUT2D eigenvalue weighted by Crippen LogP contribution is 2.43. The van der Waals surface area contributed by atoms with Crippen molar-refractivity contribution in [1.29, 1.82) is 0 Å². The standard InChI is InChI=1S/C22H19ClN6O2/c1-12(17-10-24-7-8-25-17)26-21(30)16-11-29-19(18(16)13-5-6-13)22(31)27-20(28-29)14-3-2-4-15(23)9-14/h2-4,7-13H,5-6H2,1H3,(H,26,30)(H,27,28,31)/t12-/m0/s1. The van der Waals surface area contributed by atoms with Gasteiger partial charge < -0.3 is 10.3 Å². The summed E-state index contributed by atoms with van der Waals surface area (Å²) in [6.07, 6.45) is 8.29. The van der Waals surface area contributed by atoms with Crippen molar-refractivity contribution in [3.05, 3.63) is 81.3 Å². The quantitative estimate of drug-likeness (QED) is 0.500. The molecule has 1 saturated carbocycles. The van der Waals surface area contributed by atoms with Crippen LogP contribution in [0.25, 0.3) is 16.9 Å². The molecule has 4 aromatic rings. The van der Waals surface area contributed by atoms with Gasteiger partial charge in [0.1, 0.15) is 5.52 Å². The normalized spacial score (nSPS) is 14.5. The Morgan fingerprint density at radius 1 is 1.32 bits per heavy atom. The lowest BCUT2D eigenvalue weighted by Crippen LogP contribution is -2.27. The fraction of sp³-hybridized carbons (Fsp3) is 0.227. The van der Waals surface area contributed by atoms with Crippen molar-refractivity contribution in [2.45, 2.75) is 31.7 Å². The zero-order valence-corrected chi connectivity index (χ0v) is 17.4. The molecule has 0 unspecified atom stereocenters. The van der Waals surface area contributed by atoms with Gasteiger partial charge in [-0.15, -0.1) is 5.10 Å². The van der Waals surface area contributed by atoms with E-state index < -0.39 is 0 Å². The largest absolute Gasteiger partial charge is 0.344 e. The molecule has 156 valence electrons. The predicted molar refractivity (Wildman–Crippen MR) is 116 cm³/mol. The first-order chi connectivity index (χ1) is 15.0. The number of aromatic amines is 1. The Bertz CT molecular complexity index is 1340. The van der Waals surface area contributed by atoms with Gasteiger partial charge in [0.15, 0.2) is 5.82 Å². The molecule has 8 nitrogen and oxygen atoms in total. The number of benzene rings is 1. The van der Waals surface area contributed by atoms with E-state index in [1.807, 2.05) is 13.0 Å². The van der Waals surface area contributed by atoms with Crippen molar-refractivity contribution in [3.63, 3.8) is 0 Å². The fourth-order valence-electron chi connectivity index (χ4n) is 3.73. The predicted octanol–water partition coefficient (Wildman–Crippen LogP) is 3.50. The van der Waals surface area contributed by atoms with Crippen LogP contribution in [0.3, 0.4) is 0 Å². The van der Waals surface area contributed by atoms with E-state index in [0.29, 0.717) is 33.2 Å². The van der Waals surface area contributed by atoms with E-state index >= 15 is 0 Å². The number of carbonyl (C=O) groups is 1. The lowest BCUT2D eigenvalue weighted by atomic mass is 10.1. The van der Waals surface area contributed by atoms with E-state index in [9.17, 15) is 9.59 Å². The summed E-state index contributed by atoms with van der Waals surface area (Å²) in [5.41, 5.74) is 2.68. The Morgan fingerprint density at radius 2 is 2.16 bits per heavy atom. The van der Waals surface area contributed by atoms with Crippen LogP contribution < -0.4 is 10.9 Å². The van der Waals surface area contributed by atoms with Crippen molar-refractivity contribution >= 4 is 23.0 Å². The van der Waals surface area contributed by atoms with E-state index in [-0.39, 0.29) is 23.4 Å². The van der Waals surface area contributed by atoms with E-state index in [2.05, 4.69) is 25.4 Å². The molecule has 0 spiro atoms. The highest BCUT2D eigenvalue weighted by molar-refractivity contribution is 6.30. The Morgan fingerprint density at radius 3 is 2.87 bits per heavy atom. The molecule has 1 amide bonds. The molecule has 1 atom stereocenters. The van der Waals surface area contributed by atoms with Gasteiger partial charge in [-0.2, -0.15) is 0 Å². The first-order valence-electron chi connectivity index (χ1n) is 9.99. The number of aromatic nitrogens is 5.